The first-order chi connectivity index (χ1) is 11.0. The number of hydrogen-bond donors (Lipinski definition) is 1. The Morgan fingerprint density at radius 2 is 2.30 bits per heavy atom. The van der Waals surface area contributed by atoms with Gasteiger partial charge in [0.15, 0.2) is 0 Å². The Labute approximate surface area is 136 Å². The summed E-state index contributed by atoms with van der Waals surface area (Å²) in [6.45, 7) is 5.53. The first-order valence-corrected chi connectivity index (χ1v) is 7.78. The van der Waals surface area contributed by atoms with E-state index in [9.17, 15) is 9.59 Å². The van der Waals surface area contributed by atoms with Crippen molar-refractivity contribution in [2.45, 2.75) is 32.4 Å². The van der Waals surface area contributed by atoms with Crippen LogP contribution in [0.1, 0.15) is 30.6 Å². The lowest BCUT2D eigenvalue weighted by atomic mass is 10.1. The van der Waals surface area contributed by atoms with E-state index in [-0.39, 0.29) is 23.3 Å². The number of nitrogens with one attached hydrogen (secondary N) is 1. The molecule has 0 spiro atoms. The molecule has 0 aliphatic carbocycles. The Morgan fingerprint density at radius 3 is 3.04 bits per heavy atom. The van der Waals surface area contributed by atoms with E-state index in [4.69, 9.17) is 9.47 Å². The van der Waals surface area contributed by atoms with Crippen molar-refractivity contribution in [2.24, 2.45) is 7.05 Å². The molecule has 2 heterocycles. The lowest BCUT2D eigenvalue weighted by Gasteiger charge is -2.31. The largest absolute Gasteiger partial charge is 0.379 e. The summed E-state index contributed by atoms with van der Waals surface area (Å²) in [5.41, 5.74) is 0.998. The number of ether oxygens (including phenoxy) is 2. The summed E-state index contributed by atoms with van der Waals surface area (Å²) < 4.78 is 12.7. The number of hydrogen-bond acceptors (Lipinski definition) is 4. The smallest absolute Gasteiger partial charge is 0.263 e. The van der Waals surface area contributed by atoms with Crippen molar-refractivity contribution in [3.63, 3.8) is 0 Å². The van der Waals surface area contributed by atoms with Gasteiger partial charge in [0.1, 0.15) is 5.56 Å². The molecule has 2 rings (SSSR count). The van der Waals surface area contributed by atoms with E-state index < -0.39 is 5.91 Å². The van der Waals surface area contributed by atoms with E-state index in [0.717, 1.165) is 0 Å². The minimum absolute atomic E-state index is 0.115. The van der Waals surface area contributed by atoms with Crippen molar-refractivity contribution >= 4 is 5.91 Å². The van der Waals surface area contributed by atoms with Gasteiger partial charge < -0.3 is 19.4 Å². The van der Waals surface area contributed by atoms with Gasteiger partial charge >= 0.3 is 0 Å². The molecular formula is C17H24N2O4. The molecule has 1 amide bonds. The number of pyridine rings is 1. The number of allylic oxidation sites excluding steroid dienone is 1. The van der Waals surface area contributed by atoms with Gasteiger partial charge in [0.25, 0.3) is 11.5 Å². The first-order valence-electron chi connectivity index (χ1n) is 7.78. The number of aryl methyl sites for hydroxylation is 1. The molecule has 1 saturated heterocycles. The van der Waals surface area contributed by atoms with Gasteiger partial charge in [-0.15, -0.1) is 0 Å². The fraction of sp³-hybridized carbons (Fsp3) is 0.529. The van der Waals surface area contributed by atoms with Gasteiger partial charge in [-0.3, -0.25) is 9.59 Å². The molecule has 0 aromatic carbocycles. The quantitative estimate of drug-likeness (QED) is 0.829. The molecule has 126 valence electrons. The molecule has 0 bridgehead atoms. The Hall–Kier alpha value is -1.92. The normalized spacial score (nSPS) is 20.8. The lowest BCUT2D eigenvalue weighted by molar-refractivity contribution is -0.0457. The molecule has 0 saturated carbocycles. The molecule has 1 N–H and O–H groups in total. The summed E-state index contributed by atoms with van der Waals surface area (Å²) in [5, 5.41) is 2.87. The third-order valence-electron chi connectivity index (χ3n) is 3.78. The van der Waals surface area contributed by atoms with E-state index in [2.05, 4.69) is 5.32 Å². The van der Waals surface area contributed by atoms with Gasteiger partial charge in [-0.1, -0.05) is 11.6 Å². The predicted octanol–water partition coefficient (Wildman–Crippen LogP) is 1.26. The average molecular weight is 320 g/mol. The van der Waals surface area contributed by atoms with Crippen LogP contribution in [0.25, 0.3) is 0 Å². The number of rotatable bonds is 5. The monoisotopic (exact) mass is 320 g/mol. The number of nitrogens with zero attached hydrogens (tertiary/aromatic N) is 1. The number of amides is 1. The molecule has 2 atom stereocenters. The van der Waals surface area contributed by atoms with E-state index in [1.165, 1.54) is 16.2 Å². The van der Waals surface area contributed by atoms with Crippen molar-refractivity contribution in [1.29, 1.82) is 0 Å². The highest BCUT2D eigenvalue weighted by molar-refractivity contribution is 5.94. The highest BCUT2D eigenvalue weighted by atomic mass is 16.5. The van der Waals surface area contributed by atoms with Crippen molar-refractivity contribution in [3.05, 3.63) is 45.9 Å². The van der Waals surface area contributed by atoms with Crippen molar-refractivity contribution < 1.29 is 14.3 Å². The van der Waals surface area contributed by atoms with Gasteiger partial charge in [0, 0.05) is 19.9 Å². The van der Waals surface area contributed by atoms with Crippen molar-refractivity contribution in [3.8, 4) is 0 Å². The zero-order valence-corrected chi connectivity index (χ0v) is 13.9. The van der Waals surface area contributed by atoms with Crippen molar-refractivity contribution in [2.75, 3.05) is 19.8 Å². The number of carbonyl (C=O) groups is 1. The summed E-state index contributed by atoms with van der Waals surface area (Å²) in [6, 6.07) is 2.95. The van der Waals surface area contributed by atoms with Crippen LogP contribution in [-0.2, 0) is 16.5 Å². The van der Waals surface area contributed by atoms with Gasteiger partial charge in [-0.2, -0.15) is 0 Å². The molecule has 1 fully saturated rings. The van der Waals surface area contributed by atoms with Gasteiger partial charge in [-0.05, 0) is 32.4 Å². The number of carbonyl (C=O) groups excluding carboxylic acids is 1. The topological polar surface area (TPSA) is 69.6 Å². The van der Waals surface area contributed by atoms with Crippen LogP contribution >= 0.6 is 0 Å². The summed E-state index contributed by atoms with van der Waals surface area (Å²) in [5.74, 6) is -0.391. The van der Waals surface area contributed by atoms with E-state index in [1.807, 2.05) is 19.9 Å². The summed E-state index contributed by atoms with van der Waals surface area (Å²) in [6.07, 6.45) is 4.22. The maximum atomic E-state index is 12.4. The molecule has 6 nitrogen and oxygen atoms in total. The van der Waals surface area contributed by atoms with Crippen LogP contribution in [0, 0.1) is 0 Å². The molecule has 0 unspecified atom stereocenters. The second kappa shape index (κ2) is 8.08. The van der Waals surface area contributed by atoms with Gasteiger partial charge in [0.2, 0.25) is 0 Å². The minimum atomic E-state index is -0.391. The van der Waals surface area contributed by atoms with Crippen LogP contribution in [0.4, 0.5) is 0 Å². The lowest BCUT2D eigenvalue weighted by Crippen LogP contribution is -2.51. The standard InChI is InChI=1S/C17H24N2O4/c1-12(2)6-10-23-15-7-9-22-11-14(15)18-16(20)13-5-4-8-19(3)17(13)21/h4-6,8,14-15H,7,9-11H2,1-3H3,(H,18,20)/t14-,15+/m0/s1. The molecule has 6 heteroatoms. The van der Waals surface area contributed by atoms with Crippen LogP contribution in [-0.4, -0.2) is 42.4 Å². The second-order valence-electron chi connectivity index (χ2n) is 5.93. The first kappa shape index (κ1) is 17.4. The second-order valence-corrected chi connectivity index (χ2v) is 5.93. The maximum Gasteiger partial charge on any atom is 0.263 e. The SMILES string of the molecule is CC(C)=CCO[C@@H]1CCOC[C@@H]1NC(=O)c1cccn(C)c1=O. The van der Waals surface area contributed by atoms with Crippen molar-refractivity contribution in [1.82, 2.24) is 9.88 Å². The predicted molar refractivity (Wildman–Crippen MR) is 87.5 cm³/mol. The summed E-state index contributed by atoms with van der Waals surface area (Å²) >= 11 is 0. The zero-order valence-electron chi connectivity index (χ0n) is 13.9. The average Bonchev–Trinajstić information content (AvgIpc) is 2.51. The molecule has 23 heavy (non-hydrogen) atoms. The van der Waals surface area contributed by atoms with Crippen LogP contribution < -0.4 is 10.9 Å². The summed E-state index contributed by atoms with van der Waals surface area (Å²) in [4.78, 5) is 24.4. The summed E-state index contributed by atoms with van der Waals surface area (Å²) in [7, 11) is 1.62. The van der Waals surface area contributed by atoms with Gasteiger partial charge in [-0.25, -0.2) is 0 Å². The molecule has 1 aromatic heterocycles. The molecule has 1 aliphatic rings. The van der Waals surface area contributed by atoms with Crippen LogP contribution in [0.2, 0.25) is 0 Å². The Kier molecular flexibility index (Phi) is 6.12. The molecule has 1 aliphatic heterocycles. The molecule has 1 aromatic rings. The van der Waals surface area contributed by atoms with Gasteiger partial charge in [0.05, 0.1) is 25.4 Å². The van der Waals surface area contributed by atoms with Crippen LogP contribution in [0.5, 0.6) is 0 Å². The van der Waals surface area contributed by atoms with E-state index in [0.29, 0.717) is 26.2 Å². The molecule has 0 radical (unpaired) electrons. The highest BCUT2D eigenvalue weighted by Gasteiger charge is 2.28. The minimum Gasteiger partial charge on any atom is -0.379 e. The molecular weight excluding hydrogens is 296 g/mol. The fourth-order valence-corrected chi connectivity index (χ4v) is 2.41. The van der Waals surface area contributed by atoms with Crippen LogP contribution in [0.15, 0.2) is 34.8 Å². The maximum absolute atomic E-state index is 12.4. The third-order valence-corrected chi connectivity index (χ3v) is 3.78. The Balaban J connectivity index is 2.03. The Bertz CT molecular complexity index is 632. The Morgan fingerprint density at radius 1 is 1.52 bits per heavy atom. The third kappa shape index (κ3) is 4.77. The van der Waals surface area contributed by atoms with E-state index in [1.54, 1.807) is 19.3 Å². The number of aromatic nitrogens is 1. The van der Waals surface area contributed by atoms with E-state index >= 15 is 0 Å². The zero-order chi connectivity index (χ0) is 16.8. The van der Waals surface area contributed by atoms with Crippen LogP contribution in [0.3, 0.4) is 0 Å². The fourth-order valence-electron chi connectivity index (χ4n) is 2.41. The highest BCUT2D eigenvalue weighted by Crippen LogP contribution is 2.13.